The smallest absolute Gasteiger partial charge is 0.299 e. The van der Waals surface area contributed by atoms with Crippen LogP contribution in [0.25, 0.3) is 5.57 Å². The fourth-order valence-corrected chi connectivity index (χ4v) is 3.99. The molecule has 3 aromatic rings. The molecule has 31 heavy (non-hydrogen) atoms. The molecule has 0 saturated heterocycles. The molecule has 1 aliphatic rings. The van der Waals surface area contributed by atoms with Gasteiger partial charge in [0.05, 0.1) is 5.56 Å². The van der Waals surface area contributed by atoms with Gasteiger partial charge in [-0.05, 0) is 59.2 Å². The molecule has 1 aliphatic heterocycles. The third-order valence-corrected chi connectivity index (χ3v) is 5.87. The molecule has 1 nitrogen and oxygen atoms in total. The molecule has 0 N–H and O–H groups in total. The Hall–Kier alpha value is -2.85. The first-order valence-corrected chi connectivity index (χ1v) is 10.7. The van der Waals surface area contributed by atoms with E-state index in [-0.39, 0.29) is 0 Å². The zero-order valence-corrected chi connectivity index (χ0v) is 17.4. The molecule has 0 unspecified atom stereocenters. The SMILES string of the molecule is FC(F)(F)c1ccc(C2=CCN(CCc3ccc(Cc4ccccc4)cc3)CC2)cc1. The maximum atomic E-state index is 12.7. The standard InChI is InChI=1S/C27H26F3N/c28-27(29,30)26-12-10-24(11-13-26)25-15-18-31(19-16-25)17-14-21-6-8-23(9-7-21)20-22-4-2-1-3-5-22/h1-13,15H,14,16-20H2. The molecule has 0 aliphatic carbocycles. The van der Waals surface area contributed by atoms with Gasteiger partial charge in [-0.3, -0.25) is 4.90 Å². The molecular weight excluding hydrogens is 395 g/mol. The van der Waals surface area contributed by atoms with E-state index in [1.165, 1.54) is 28.8 Å². The highest BCUT2D eigenvalue weighted by Gasteiger charge is 2.30. The van der Waals surface area contributed by atoms with Crippen molar-refractivity contribution in [2.45, 2.75) is 25.4 Å². The van der Waals surface area contributed by atoms with E-state index in [4.69, 9.17) is 0 Å². The number of halogens is 3. The van der Waals surface area contributed by atoms with Crippen LogP contribution in [0.4, 0.5) is 13.2 Å². The van der Waals surface area contributed by atoms with Gasteiger partial charge in [0.25, 0.3) is 0 Å². The Balaban J connectivity index is 1.27. The van der Waals surface area contributed by atoms with Crippen molar-refractivity contribution >= 4 is 5.57 Å². The van der Waals surface area contributed by atoms with Crippen molar-refractivity contribution in [2.24, 2.45) is 0 Å². The lowest BCUT2D eigenvalue weighted by atomic mass is 9.98. The molecule has 0 atom stereocenters. The first-order valence-electron chi connectivity index (χ1n) is 10.7. The summed E-state index contributed by atoms with van der Waals surface area (Å²) in [5, 5.41) is 0. The van der Waals surface area contributed by atoms with Crippen LogP contribution in [0.15, 0.2) is 84.9 Å². The molecule has 0 saturated carbocycles. The van der Waals surface area contributed by atoms with Gasteiger partial charge in [0.15, 0.2) is 0 Å². The number of nitrogens with zero attached hydrogens (tertiary/aromatic N) is 1. The highest BCUT2D eigenvalue weighted by atomic mass is 19.4. The third-order valence-electron chi connectivity index (χ3n) is 5.87. The van der Waals surface area contributed by atoms with Crippen LogP contribution >= 0.6 is 0 Å². The number of hydrogen-bond donors (Lipinski definition) is 0. The van der Waals surface area contributed by atoms with Gasteiger partial charge >= 0.3 is 6.18 Å². The van der Waals surface area contributed by atoms with Gasteiger partial charge in [-0.1, -0.05) is 72.8 Å². The normalized spacial score (nSPS) is 15.0. The second-order valence-corrected chi connectivity index (χ2v) is 8.08. The summed E-state index contributed by atoms with van der Waals surface area (Å²) < 4.78 is 38.2. The van der Waals surface area contributed by atoms with E-state index in [0.717, 1.165) is 50.0 Å². The average molecular weight is 422 g/mol. The zero-order chi connectivity index (χ0) is 21.7. The summed E-state index contributed by atoms with van der Waals surface area (Å²) in [6.07, 6.45) is 0.673. The van der Waals surface area contributed by atoms with E-state index in [0.29, 0.717) is 0 Å². The van der Waals surface area contributed by atoms with Crippen molar-refractivity contribution in [3.05, 3.63) is 113 Å². The van der Waals surface area contributed by atoms with Crippen molar-refractivity contribution in [2.75, 3.05) is 19.6 Å². The zero-order valence-electron chi connectivity index (χ0n) is 17.4. The lowest BCUT2D eigenvalue weighted by Crippen LogP contribution is -2.30. The van der Waals surface area contributed by atoms with Crippen LogP contribution < -0.4 is 0 Å². The largest absolute Gasteiger partial charge is 0.416 e. The maximum absolute atomic E-state index is 12.7. The van der Waals surface area contributed by atoms with E-state index in [1.807, 2.05) is 6.07 Å². The van der Waals surface area contributed by atoms with Gasteiger partial charge in [0.2, 0.25) is 0 Å². The molecule has 0 fully saturated rings. The van der Waals surface area contributed by atoms with Crippen molar-refractivity contribution in [1.82, 2.24) is 4.90 Å². The van der Waals surface area contributed by atoms with E-state index >= 15 is 0 Å². The Bertz CT molecular complexity index is 1000. The highest BCUT2D eigenvalue weighted by Crippen LogP contribution is 2.31. The molecule has 0 radical (unpaired) electrons. The minimum atomic E-state index is -4.28. The Morgan fingerprint density at radius 1 is 0.742 bits per heavy atom. The Morgan fingerprint density at radius 3 is 2.00 bits per heavy atom. The van der Waals surface area contributed by atoms with Crippen molar-refractivity contribution < 1.29 is 13.2 Å². The molecule has 160 valence electrons. The van der Waals surface area contributed by atoms with Crippen LogP contribution in [0.3, 0.4) is 0 Å². The predicted molar refractivity (Wildman–Crippen MR) is 120 cm³/mol. The quantitative estimate of drug-likeness (QED) is 0.432. The van der Waals surface area contributed by atoms with Gasteiger partial charge < -0.3 is 0 Å². The molecule has 0 amide bonds. The minimum absolute atomic E-state index is 0.593. The van der Waals surface area contributed by atoms with Gasteiger partial charge in [-0.25, -0.2) is 0 Å². The minimum Gasteiger partial charge on any atom is -0.299 e. The van der Waals surface area contributed by atoms with Crippen molar-refractivity contribution in [1.29, 1.82) is 0 Å². The Kier molecular flexibility index (Phi) is 6.57. The third kappa shape index (κ3) is 5.86. The number of benzene rings is 3. The molecule has 3 aromatic carbocycles. The van der Waals surface area contributed by atoms with Crippen LogP contribution in [0.2, 0.25) is 0 Å². The molecule has 0 aromatic heterocycles. The van der Waals surface area contributed by atoms with Crippen LogP contribution in [0, 0.1) is 0 Å². The molecule has 1 heterocycles. The summed E-state index contributed by atoms with van der Waals surface area (Å²) in [6.45, 7) is 2.75. The lowest BCUT2D eigenvalue weighted by Gasteiger charge is -2.26. The topological polar surface area (TPSA) is 3.24 Å². The number of rotatable bonds is 6. The van der Waals surface area contributed by atoms with Crippen LogP contribution in [-0.2, 0) is 19.0 Å². The number of hydrogen-bond acceptors (Lipinski definition) is 1. The van der Waals surface area contributed by atoms with E-state index in [1.54, 1.807) is 12.1 Å². The van der Waals surface area contributed by atoms with Crippen molar-refractivity contribution in [3.8, 4) is 0 Å². The summed E-state index contributed by atoms with van der Waals surface area (Å²) in [5.74, 6) is 0. The molecule has 4 rings (SSSR count). The summed E-state index contributed by atoms with van der Waals surface area (Å²) in [4.78, 5) is 2.39. The first-order chi connectivity index (χ1) is 15.0. The second kappa shape index (κ2) is 9.52. The maximum Gasteiger partial charge on any atom is 0.416 e. The molecule has 0 spiro atoms. The van der Waals surface area contributed by atoms with Crippen LogP contribution in [0.5, 0.6) is 0 Å². The monoisotopic (exact) mass is 421 g/mol. The summed E-state index contributed by atoms with van der Waals surface area (Å²) in [6, 6.07) is 24.8. The van der Waals surface area contributed by atoms with Crippen LogP contribution in [-0.4, -0.2) is 24.5 Å². The van der Waals surface area contributed by atoms with Gasteiger partial charge in [-0.2, -0.15) is 13.2 Å². The van der Waals surface area contributed by atoms with Gasteiger partial charge in [-0.15, -0.1) is 0 Å². The lowest BCUT2D eigenvalue weighted by molar-refractivity contribution is -0.137. The number of alkyl halides is 3. The Labute approximate surface area is 181 Å². The van der Waals surface area contributed by atoms with Crippen LogP contribution in [0.1, 0.15) is 34.2 Å². The molecule has 4 heteroatoms. The molecular formula is C27H26F3N. The summed E-state index contributed by atoms with van der Waals surface area (Å²) in [7, 11) is 0. The average Bonchev–Trinajstić information content (AvgIpc) is 2.79. The van der Waals surface area contributed by atoms with E-state index < -0.39 is 11.7 Å². The fourth-order valence-electron chi connectivity index (χ4n) is 3.99. The Morgan fingerprint density at radius 2 is 1.39 bits per heavy atom. The van der Waals surface area contributed by atoms with Crippen molar-refractivity contribution in [3.63, 3.8) is 0 Å². The van der Waals surface area contributed by atoms with Gasteiger partial charge in [0, 0.05) is 19.6 Å². The highest BCUT2D eigenvalue weighted by molar-refractivity contribution is 5.66. The van der Waals surface area contributed by atoms with Gasteiger partial charge in [0.1, 0.15) is 0 Å². The summed E-state index contributed by atoms with van der Waals surface area (Å²) in [5.41, 5.74) is 5.39. The molecule has 0 bridgehead atoms. The predicted octanol–water partition coefficient (Wildman–Crippen LogP) is 6.63. The second-order valence-electron chi connectivity index (χ2n) is 8.08. The first kappa shape index (κ1) is 21.4. The van der Waals surface area contributed by atoms with E-state index in [9.17, 15) is 13.2 Å². The fraction of sp³-hybridized carbons (Fsp3) is 0.259. The summed E-state index contributed by atoms with van der Waals surface area (Å²) >= 11 is 0. The van der Waals surface area contributed by atoms with E-state index in [2.05, 4.69) is 59.5 Å².